The van der Waals surface area contributed by atoms with E-state index < -0.39 is 23.5 Å². The molecular weight excluding hydrogens is 995 g/mol. The van der Waals surface area contributed by atoms with E-state index in [0.717, 1.165) is 102 Å². The van der Waals surface area contributed by atoms with Crippen LogP contribution in [0.1, 0.15) is 22.3 Å². The highest BCUT2D eigenvalue weighted by molar-refractivity contribution is 6.10. The van der Waals surface area contributed by atoms with E-state index in [1.165, 1.54) is 0 Å². The Morgan fingerprint density at radius 3 is 1.08 bits per heavy atom. The van der Waals surface area contributed by atoms with Gasteiger partial charge in [-0.05, 0) is 154 Å². The summed E-state index contributed by atoms with van der Waals surface area (Å²) in [5.74, 6) is 0. The van der Waals surface area contributed by atoms with Crippen molar-refractivity contribution in [2.24, 2.45) is 0 Å². The predicted molar refractivity (Wildman–Crippen MR) is 295 cm³/mol. The third kappa shape index (κ3) is 8.70. The Hall–Kier alpha value is -9.68. The number of rotatable bonds is 8. The molecule has 0 saturated carbocycles. The molecule has 0 bridgehead atoms. The highest BCUT2D eigenvalue weighted by Gasteiger charge is 2.32. The van der Waals surface area contributed by atoms with Gasteiger partial charge in [0.2, 0.25) is 0 Å². The number of aryl methyl sites for hydroxylation is 2. The van der Waals surface area contributed by atoms with Crippen LogP contribution in [0.4, 0.5) is 26.3 Å². The van der Waals surface area contributed by atoms with Gasteiger partial charge < -0.3 is 8.83 Å². The van der Waals surface area contributed by atoms with Crippen molar-refractivity contribution in [1.82, 2.24) is 19.9 Å². The Kier molecular flexibility index (Phi) is 11.4. The molecule has 0 atom stereocenters. The molecule has 0 N–H and O–H groups in total. The van der Waals surface area contributed by atoms with Crippen LogP contribution in [-0.4, -0.2) is 19.9 Å². The van der Waals surface area contributed by atoms with E-state index in [4.69, 9.17) is 18.8 Å². The summed E-state index contributed by atoms with van der Waals surface area (Å²) in [6.45, 7) is 3.29. The number of halogens is 6. The first kappa shape index (κ1) is 48.0. The molecule has 378 valence electrons. The van der Waals surface area contributed by atoms with Crippen molar-refractivity contribution >= 4 is 44.1 Å². The zero-order chi connectivity index (χ0) is 53.5. The monoisotopic (exact) mass is 1030 g/mol. The van der Waals surface area contributed by atoms with E-state index in [-0.39, 0.29) is 0 Å². The third-order valence-corrected chi connectivity index (χ3v) is 14.2. The predicted octanol–water partition coefficient (Wildman–Crippen LogP) is 19.1. The van der Waals surface area contributed by atoms with Crippen molar-refractivity contribution in [3.8, 4) is 89.3 Å². The number of aromatic nitrogens is 4. The van der Waals surface area contributed by atoms with Crippen LogP contribution in [0.3, 0.4) is 0 Å². The van der Waals surface area contributed by atoms with Gasteiger partial charge in [0.15, 0.2) is 11.2 Å². The molecule has 78 heavy (non-hydrogen) atoms. The van der Waals surface area contributed by atoms with E-state index in [1.807, 2.05) is 97.1 Å². The topological polar surface area (TPSA) is 77.8 Å². The molecule has 0 spiro atoms. The first-order valence-corrected chi connectivity index (χ1v) is 24.9. The molecule has 12 heteroatoms. The maximum atomic E-state index is 13.6. The van der Waals surface area contributed by atoms with Crippen molar-refractivity contribution < 1.29 is 35.2 Å². The number of pyridine rings is 4. The summed E-state index contributed by atoms with van der Waals surface area (Å²) in [4.78, 5) is 18.8. The molecule has 13 rings (SSSR count). The molecule has 0 aliphatic rings. The molecule has 0 saturated heterocycles. The molecule has 0 aliphatic heterocycles. The zero-order valence-corrected chi connectivity index (χ0v) is 41.5. The molecule has 0 fully saturated rings. The summed E-state index contributed by atoms with van der Waals surface area (Å²) < 4.78 is 94.9. The lowest BCUT2D eigenvalue weighted by Crippen LogP contribution is -2.05. The first-order valence-electron chi connectivity index (χ1n) is 24.9. The van der Waals surface area contributed by atoms with E-state index in [9.17, 15) is 26.3 Å². The summed E-state index contributed by atoms with van der Waals surface area (Å²) in [6.07, 6.45) is -1.97. The minimum atomic E-state index is -4.46. The second kappa shape index (κ2) is 18.6. The number of nitrogens with zero attached hydrogens (tertiary/aromatic N) is 4. The van der Waals surface area contributed by atoms with Gasteiger partial charge in [-0.25, -0.2) is 0 Å². The average Bonchev–Trinajstić information content (AvgIpc) is 4.20. The van der Waals surface area contributed by atoms with Gasteiger partial charge in [0.25, 0.3) is 0 Å². The van der Waals surface area contributed by atoms with Crippen molar-refractivity contribution in [1.29, 1.82) is 0 Å². The number of benzene rings is 7. The normalized spacial score (nSPS) is 12.1. The fraction of sp³-hybridized carbons (Fsp3) is 0.0606. The highest BCUT2D eigenvalue weighted by Crippen LogP contribution is 2.43. The lowest BCUT2D eigenvalue weighted by Gasteiger charge is -2.12. The first-order chi connectivity index (χ1) is 37.7. The Balaban J connectivity index is 0.782. The van der Waals surface area contributed by atoms with Crippen molar-refractivity contribution in [3.63, 3.8) is 0 Å². The number of hydrogen-bond acceptors (Lipinski definition) is 6. The molecule has 0 amide bonds. The molecular formula is C66H40F6N4O2. The number of furan rings is 2. The molecule has 6 nitrogen and oxygen atoms in total. The standard InChI is InChI=1S/C66H40F6N4O2/c1-37-27-45(31-47(29-37)65(67,68)69)57-19-15-43(35-75-57)51-9-5-3-7-49(51)41-17-21-59-55(33-41)61-63(77-59)53(23-25-73-61)39-11-13-40(14-12-39)54-24-26-74-62-56-34-42(18-22-60(56)78-64(54)62)50-8-4-6-10-52(50)44-16-20-58(76-36-44)46-28-38(2)30-48(32-46)66(70,71)72/h3-36H,1-2H3. The lowest BCUT2D eigenvalue weighted by molar-refractivity contribution is -0.138. The molecule has 6 heterocycles. The van der Waals surface area contributed by atoms with Gasteiger partial charge in [0.1, 0.15) is 22.2 Å². The molecule has 13 aromatic rings. The highest BCUT2D eigenvalue weighted by atomic mass is 19.4. The molecule has 0 unspecified atom stereocenters. The van der Waals surface area contributed by atoms with E-state index in [0.29, 0.717) is 67.0 Å². The maximum Gasteiger partial charge on any atom is 0.416 e. The Bertz CT molecular complexity index is 4200. The summed E-state index contributed by atoms with van der Waals surface area (Å²) in [5.41, 5.74) is 16.2. The fourth-order valence-corrected chi connectivity index (χ4v) is 10.5. The maximum absolute atomic E-state index is 13.6. The second-order valence-corrected chi connectivity index (χ2v) is 19.4. The van der Waals surface area contributed by atoms with Gasteiger partial charge in [0.05, 0.1) is 22.5 Å². The lowest BCUT2D eigenvalue weighted by atomic mass is 9.94. The van der Waals surface area contributed by atoms with Crippen LogP contribution in [0, 0.1) is 13.8 Å². The third-order valence-electron chi connectivity index (χ3n) is 14.2. The summed E-state index contributed by atoms with van der Waals surface area (Å²) >= 11 is 0. The van der Waals surface area contributed by atoms with Crippen LogP contribution in [-0.2, 0) is 12.4 Å². The molecule has 0 aliphatic carbocycles. The Labute approximate surface area is 442 Å². The van der Waals surface area contributed by atoms with Crippen molar-refractivity contribution in [2.45, 2.75) is 26.2 Å². The number of fused-ring (bicyclic) bond motifs is 6. The minimum Gasteiger partial charge on any atom is -0.454 e. The zero-order valence-electron chi connectivity index (χ0n) is 41.5. The second-order valence-electron chi connectivity index (χ2n) is 19.4. The van der Waals surface area contributed by atoms with Crippen molar-refractivity contribution in [2.75, 3.05) is 0 Å². The fourth-order valence-electron chi connectivity index (χ4n) is 10.5. The average molecular weight is 1040 g/mol. The number of hydrogen-bond donors (Lipinski definition) is 0. The summed E-state index contributed by atoms with van der Waals surface area (Å²) in [5, 5.41) is 1.69. The van der Waals surface area contributed by atoms with E-state index >= 15 is 0 Å². The quantitative estimate of drug-likeness (QED) is 0.141. The van der Waals surface area contributed by atoms with Gasteiger partial charge in [-0.3, -0.25) is 19.9 Å². The van der Waals surface area contributed by atoms with E-state index in [1.54, 1.807) is 62.9 Å². The molecule has 0 radical (unpaired) electrons. The van der Waals surface area contributed by atoms with Gasteiger partial charge in [-0.2, -0.15) is 26.3 Å². The molecule has 6 aromatic heterocycles. The smallest absolute Gasteiger partial charge is 0.416 e. The van der Waals surface area contributed by atoms with Crippen molar-refractivity contribution in [3.05, 3.63) is 229 Å². The largest absolute Gasteiger partial charge is 0.454 e. The van der Waals surface area contributed by atoms with E-state index in [2.05, 4.69) is 46.4 Å². The summed E-state index contributed by atoms with van der Waals surface area (Å²) in [6, 6.07) is 55.2. The van der Waals surface area contributed by atoms with Crippen LogP contribution in [0.5, 0.6) is 0 Å². The Morgan fingerprint density at radius 1 is 0.333 bits per heavy atom. The van der Waals surface area contributed by atoms with Gasteiger partial charge in [0, 0.05) is 68.9 Å². The Morgan fingerprint density at radius 2 is 0.705 bits per heavy atom. The van der Waals surface area contributed by atoms with Crippen LogP contribution in [0.25, 0.3) is 133 Å². The van der Waals surface area contributed by atoms with Crippen LogP contribution < -0.4 is 0 Å². The van der Waals surface area contributed by atoms with Crippen LogP contribution in [0.15, 0.2) is 216 Å². The van der Waals surface area contributed by atoms with Gasteiger partial charge >= 0.3 is 12.4 Å². The van der Waals surface area contributed by atoms with Gasteiger partial charge in [-0.1, -0.05) is 97.1 Å². The van der Waals surface area contributed by atoms with Gasteiger partial charge in [-0.15, -0.1) is 0 Å². The minimum absolute atomic E-state index is 0.400. The number of alkyl halides is 6. The van der Waals surface area contributed by atoms with Crippen LogP contribution >= 0.6 is 0 Å². The molecule has 7 aromatic carbocycles. The SMILES string of the molecule is Cc1cc(-c2ccc(-c3ccccc3-c3ccc4oc5c(-c6ccc(-c7ccnc8c7oc7ccc(-c9ccccc9-c9ccc(-c%10cc(C)cc(C(F)(F)F)c%10)nc9)cc78)cc6)ccnc5c4c3)cn2)cc(C(F)(F)F)c1. The summed E-state index contributed by atoms with van der Waals surface area (Å²) in [7, 11) is 0. The van der Waals surface area contributed by atoms with Crippen LogP contribution in [0.2, 0.25) is 0 Å².